The Morgan fingerprint density at radius 2 is 2.03 bits per heavy atom. The molecule has 154 valence electrons. The number of rotatable bonds is 2. The van der Waals surface area contributed by atoms with E-state index in [0.29, 0.717) is 32.8 Å². The van der Waals surface area contributed by atoms with E-state index in [2.05, 4.69) is 20.7 Å². The minimum atomic E-state index is -1.18. The first-order valence-corrected chi connectivity index (χ1v) is 10.6. The van der Waals surface area contributed by atoms with Crippen LogP contribution in [0.4, 0.5) is 11.5 Å². The Hall–Kier alpha value is -3.43. The molecule has 1 atom stereocenters. The number of fused-ring (bicyclic) bond motifs is 5. The molecule has 2 N–H and O–H groups in total. The Morgan fingerprint density at radius 3 is 2.87 bits per heavy atom. The number of amides is 2. The van der Waals surface area contributed by atoms with Crippen molar-refractivity contribution in [1.82, 2.24) is 14.8 Å². The molecule has 8 nitrogen and oxygen atoms in total. The molecule has 0 aliphatic carbocycles. The number of methoxy groups -OCH3 is 1. The number of nitrogens with one attached hydrogen (secondary N) is 2. The van der Waals surface area contributed by atoms with Gasteiger partial charge in [-0.25, -0.2) is 4.98 Å². The van der Waals surface area contributed by atoms with Crippen LogP contribution >= 0.6 is 22.9 Å². The molecule has 1 spiro atoms. The second kappa shape index (κ2) is 6.29. The minimum Gasteiger partial charge on any atom is -0.497 e. The van der Waals surface area contributed by atoms with Gasteiger partial charge in [0.15, 0.2) is 0 Å². The SMILES string of the molecule is COc1ccc2nc(-n3ncc4c3NC(=O)C[C@]43C(=O)Nc4ccc(Cl)cc43)sc2c1. The summed E-state index contributed by atoms with van der Waals surface area (Å²) in [7, 11) is 1.61. The molecule has 2 aliphatic heterocycles. The number of benzene rings is 2. The molecular formula is C21H14ClN5O3S. The van der Waals surface area contributed by atoms with Crippen LogP contribution in [0.3, 0.4) is 0 Å². The summed E-state index contributed by atoms with van der Waals surface area (Å²) >= 11 is 7.64. The summed E-state index contributed by atoms with van der Waals surface area (Å²) in [4.78, 5) is 30.6. The molecule has 2 aromatic carbocycles. The Balaban J connectivity index is 1.56. The normalized spacial score (nSPS) is 19.3. The maximum Gasteiger partial charge on any atom is 0.240 e. The van der Waals surface area contributed by atoms with E-state index in [0.717, 1.165) is 16.0 Å². The zero-order valence-corrected chi connectivity index (χ0v) is 17.7. The fourth-order valence-electron chi connectivity index (χ4n) is 4.32. The van der Waals surface area contributed by atoms with Crippen molar-refractivity contribution in [2.75, 3.05) is 17.7 Å². The number of nitrogens with zero attached hydrogens (tertiary/aromatic N) is 3. The standard InChI is InChI=1S/C21H14ClN5O3S/c1-30-11-3-5-15-16(7-11)31-20(25-15)27-18-13(9-23-27)21(8-17(28)26-18)12-6-10(22)2-4-14(12)24-19(21)29/h2-7,9H,8H2,1H3,(H,24,29)(H,26,28)/t21-/m1/s1. The van der Waals surface area contributed by atoms with Crippen LogP contribution in [0, 0.1) is 0 Å². The number of hydrogen-bond donors (Lipinski definition) is 2. The molecule has 10 heteroatoms. The third-order valence-electron chi connectivity index (χ3n) is 5.76. The molecule has 0 saturated carbocycles. The first kappa shape index (κ1) is 18.3. The smallest absolute Gasteiger partial charge is 0.240 e. The number of aromatic nitrogens is 3. The van der Waals surface area contributed by atoms with Crippen molar-refractivity contribution in [3.05, 3.63) is 58.7 Å². The highest BCUT2D eigenvalue weighted by atomic mass is 35.5. The molecule has 2 aromatic heterocycles. The van der Waals surface area contributed by atoms with Gasteiger partial charge in [-0.05, 0) is 42.0 Å². The maximum atomic E-state index is 13.2. The van der Waals surface area contributed by atoms with Crippen molar-refractivity contribution in [2.45, 2.75) is 11.8 Å². The molecule has 0 saturated heterocycles. The summed E-state index contributed by atoms with van der Waals surface area (Å²) in [5.74, 6) is 0.619. The van der Waals surface area contributed by atoms with E-state index in [4.69, 9.17) is 16.3 Å². The maximum absolute atomic E-state index is 13.2. The van der Waals surface area contributed by atoms with Gasteiger partial charge in [0.25, 0.3) is 0 Å². The van der Waals surface area contributed by atoms with Crippen LogP contribution in [-0.4, -0.2) is 33.7 Å². The highest BCUT2D eigenvalue weighted by molar-refractivity contribution is 7.20. The van der Waals surface area contributed by atoms with Crippen molar-refractivity contribution >= 4 is 56.5 Å². The monoisotopic (exact) mass is 451 g/mol. The van der Waals surface area contributed by atoms with E-state index in [1.807, 2.05) is 18.2 Å². The van der Waals surface area contributed by atoms with Crippen molar-refractivity contribution in [3.8, 4) is 10.9 Å². The molecular weight excluding hydrogens is 438 g/mol. The molecule has 0 unspecified atom stereocenters. The van der Waals surface area contributed by atoms with Crippen molar-refractivity contribution in [3.63, 3.8) is 0 Å². The van der Waals surface area contributed by atoms with Gasteiger partial charge in [-0.3, -0.25) is 9.59 Å². The van der Waals surface area contributed by atoms with Crippen LogP contribution in [-0.2, 0) is 15.0 Å². The van der Waals surface area contributed by atoms with Gasteiger partial charge < -0.3 is 15.4 Å². The lowest BCUT2D eigenvalue weighted by molar-refractivity contribution is -0.125. The summed E-state index contributed by atoms with van der Waals surface area (Å²) in [6, 6.07) is 10.8. The van der Waals surface area contributed by atoms with Gasteiger partial charge in [-0.2, -0.15) is 9.78 Å². The summed E-state index contributed by atoms with van der Waals surface area (Å²) in [6.07, 6.45) is 1.60. The van der Waals surface area contributed by atoms with Crippen molar-refractivity contribution in [2.24, 2.45) is 0 Å². The Kier molecular flexibility index (Phi) is 3.72. The molecule has 2 aliphatic rings. The van der Waals surface area contributed by atoms with Gasteiger partial charge in [-0.15, -0.1) is 0 Å². The lowest BCUT2D eigenvalue weighted by atomic mass is 9.72. The van der Waals surface area contributed by atoms with E-state index in [-0.39, 0.29) is 18.2 Å². The average molecular weight is 452 g/mol. The van der Waals surface area contributed by atoms with Gasteiger partial charge in [0.1, 0.15) is 17.0 Å². The lowest BCUT2D eigenvalue weighted by Crippen LogP contribution is -2.43. The van der Waals surface area contributed by atoms with E-state index < -0.39 is 5.41 Å². The fraction of sp³-hybridized carbons (Fsp3) is 0.143. The average Bonchev–Trinajstić information content (AvgIpc) is 3.43. The van der Waals surface area contributed by atoms with E-state index in [1.54, 1.807) is 36.2 Å². The number of ether oxygens (including phenoxy) is 1. The largest absolute Gasteiger partial charge is 0.497 e. The van der Waals surface area contributed by atoms with Crippen LogP contribution < -0.4 is 15.4 Å². The zero-order valence-electron chi connectivity index (χ0n) is 16.1. The fourth-order valence-corrected chi connectivity index (χ4v) is 5.45. The third-order valence-corrected chi connectivity index (χ3v) is 6.98. The topological polar surface area (TPSA) is 98.1 Å². The first-order chi connectivity index (χ1) is 15.0. The Bertz CT molecular complexity index is 1430. The second-order valence-electron chi connectivity index (χ2n) is 7.42. The highest BCUT2D eigenvalue weighted by Gasteiger charge is 2.54. The van der Waals surface area contributed by atoms with Gasteiger partial charge in [0, 0.05) is 22.7 Å². The summed E-state index contributed by atoms with van der Waals surface area (Å²) in [5, 5.41) is 11.3. The van der Waals surface area contributed by atoms with Crippen LogP contribution in [0.15, 0.2) is 42.6 Å². The predicted molar refractivity (Wildman–Crippen MR) is 117 cm³/mol. The lowest BCUT2D eigenvalue weighted by Gasteiger charge is -2.31. The van der Waals surface area contributed by atoms with Crippen LogP contribution in [0.25, 0.3) is 15.3 Å². The molecule has 2 amide bonds. The second-order valence-corrected chi connectivity index (χ2v) is 8.87. The van der Waals surface area contributed by atoms with Gasteiger partial charge in [0.2, 0.25) is 16.9 Å². The van der Waals surface area contributed by atoms with Crippen molar-refractivity contribution < 1.29 is 14.3 Å². The first-order valence-electron chi connectivity index (χ1n) is 9.44. The Labute approximate surface area is 184 Å². The van der Waals surface area contributed by atoms with Crippen LogP contribution in [0.2, 0.25) is 5.02 Å². The molecule has 6 rings (SSSR count). The summed E-state index contributed by atoms with van der Waals surface area (Å²) in [5.41, 5.74) is 1.54. The number of carbonyl (C=O) groups is 2. The number of thiazole rings is 1. The van der Waals surface area contributed by atoms with Crippen LogP contribution in [0.1, 0.15) is 17.5 Å². The van der Waals surface area contributed by atoms with Gasteiger partial charge in [-0.1, -0.05) is 22.9 Å². The summed E-state index contributed by atoms with van der Waals surface area (Å²) < 4.78 is 7.78. The van der Waals surface area contributed by atoms with E-state index >= 15 is 0 Å². The zero-order chi connectivity index (χ0) is 21.3. The minimum absolute atomic E-state index is 0.0259. The predicted octanol–water partition coefficient (Wildman–Crippen LogP) is 3.72. The van der Waals surface area contributed by atoms with Gasteiger partial charge in [0.05, 0.1) is 23.5 Å². The summed E-state index contributed by atoms with van der Waals surface area (Å²) in [6.45, 7) is 0. The number of anilines is 2. The quantitative estimate of drug-likeness (QED) is 0.484. The molecule has 31 heavy (non-hydrogen) atoms. The van der Waals surface area contributed by atoms with E-state index in [1.165, 1.54) is 11.3 Å². The van der Waals surface area contributed by atoms with E-state index in [9.17, 15) is 9.59 Å². The number of carbonyl (C=O) groups excluding carboxylic acids is 2. The Morgan fingerprint density at radius 1 is 1.16 bits per heavy atom. The molecule has 4 aromatic rings. The molecule has 0 bridgehead atoms. The number of hydrogen-bond acceptors (Lipinski definition) is 6. The molecule has 4 heterocycles. The van der Waals surface area contributed by atoms with Crippen molar-refractivity contribution in [1.29, 1.82) is 0 Å². The van der Waals surface area contributed by atoms with Crippen LogP contribution in [0.5, 0.6) is 5.75 Å². The molecule has 0 fully saturated rings. The van der Waals surface area contributed by atoms with Gasteiger partial charge >= 0.3 is 0 Å². The molecule has 0 radical (unpaired) electrons. The third kappa shape index (κ3) is 2.47. The number of halogens is 1. The highest BCUT2D eigenvalue weighted by Crippen LogP contribution is 2.50.